The molecule has 0 radical (unpaired) electrons. The first-order valence-corrected chi connectivity index (χ1v) is 9.96. The summed E-state index contributed by atoms with van der Waals surface area (Å²) >= 11 is 0. The summed E-state index contributed by atoms with van der Waals surface area (Å²) in [7, 11) is 0. The van der Waals surface area contributed by atoms with E-state index in [1.165, 1.54) is 5.56 Å². The molecule has 3 heterocycles. The molecule has 0 saturated carbocycles. The van der Waals surface area contributed by atoms with Crippen LogP contribution in [0.25, 0.3) is 0 Å². The molecule has 4 rings (SSSR count). The molecule has 0 aliphatic carbocycles. The van der Waals surface area contributed by atoms with Crippen LogP contribution in [-0.4, -0.2) is 45.2 Å². The van der Waals surface area contributed by atoms with Crippen molar-refractivity contribution in [3.63, 3.8) is 0 Å². The average molecular weight is 404 g/mol. The molecule has 6 nitrogen and oxygen atoms in total. The number of carbonyl (C=O) groups excluding carboxylic acids is 1. The third-order valence-corrected chi connectivity index (χ3v) is 5.80. The fourth-order valence-electron chi connectivity index (χ4n) is 4.05. The van der Waals surface area contributed by atoms with Gasteiger partial charge in [0.05, 0.1) is 6.54 Å². The number of halogens is 1. The number of amides is 1. The Morgan fingerprint density at radius 2 is 1.75 bits per heavy atom. The largest absolute Gasteiger partial charge is 0.339 e. The molecule has 28 heavy (non-hydrogen) atoms. The van der Waals surface area contributed by atoms with E-state index in [0.29, 0.717) is 5.92 Å². The van der Waals surface area contributed by atoms with Crippen LogP contribution in [0.3, 0.4) is 0 Å². The summed E-state index contributed by atoms with van der Waals surface area (Å²) in [6.07, 6.45) is 1.91. The first-order chi connectivity index (χ1) is 12.9. The summed E-state index contributed by atoms with van der Waals surface area (Å²) in [4.78, 5) is 14.9. The minimum absolute atomic E-state index is 0. The van der Waals surface area contributed by atoms with E-state index in [2.05, 4.69) is 53.0 Å². The highest BCUT2D eigenvalue weighted by molar-refractivity contribution is 5.94. The normalized spacial score (nSPS) is 17.8. The first kappa shape index (κ1) is 20.8. The van der Waals surface area contributed by atoms with Crippen molar-refractivity contribution in [1.29, 1.82) is 0 Å². The summed E-state index contributed by atoms with van der Waals surface area (Å²) in [5, 5.41) is 12.1. The molecule has 1 amide bonds. The quantitative estimate of drug-likeness (QED) is 0.836. The maximum absolute atomic E-state index is 12.9. The molecule has 1 fully saturated rings. The minimum atomic E-state index is 0. The lowest BCUT2D eigenvalue weighted by molar-refractivity contribution is 0.0710. The molecular weight excluding hydrogens is 374 g/mol. The maximum Gasteiger partial charge on any atom is 0.253 e. The summed E-state index contributed by atoms with van der Waals surface area (Å²) in [6.45, 7) is 10.8. The molecule has 0 unspecified atom stereocenters. The predicted octanol–water partition coefficient (Wildman–Crippen LogP) is 3.12. The second kappa shape index (κ2) is 8.21. The van der Waals surface area contributed by atoms with Gasteiger partial charge < -0.3 is 14.8 Å². The number of nitrogens with zero attached hydrogens (tertiary/aromatic N) is 4. The monoisotopic (exact) mass is 403 g/mol. The minimum Gasteiger partial charge on any atom is -0.339 e. The van der Waals surface area contributed by atoms with Crippen LogP contribution < -0.4 is 5.32 Å². The van der Waals surface area contributed by atoms with Gasteiger partial charge in [0.15, 0.2) is 0 Å². The van der Waals surface area contributed by atoms with Crippen molar-refractivity contribution >= 4 is 18.3 Å². The zero-order chi connectivity index (χ0) is 19.0. The fourth-order valence-corrected chi connectivity index (χ4v) is 4.05. The lowest BCUT2D eigenvalue weighted by atomic mass is 9.86. The molecule has 0 bridgehead atoms. The number of benzene rings is 1. The van der Waals surface area contributed by atoms with Crippen LogP contribution in [0, 0.1) is 0 Å². The van der Waals surface area contributed by atoms with Gasteiger partial charge in [-0.2, -0.15) is 0 Å². The third-order valence-electron chi connectivity index (χ3n) is 5.80. The molecule has 1 N–H and O–H groups in total. The van der Waals surface area contributed by atoms with E-state index in [1.807, 2.05) is 17.0 Å². The van der Waals surface area contributed by atoms with Crippen molar-refractivity contribution in [2.24, 2.45) is 0 Å². The lowest BCUT2D eigenvalue weighted by Crippen LogP contribution is -2.39. The van der Waals surface area contributed by atoms with Crippen LogP contribution in [0.1, 0.15) is 67.1 Å². The van der Waals surface area contributed by atoms with Crippen molar-refractivity contribution in [1.82, 2.24) is 25.0 Å². The highest BCUT2D eigenvalue weighted by atomic mass is 35.5. The number of nitrogens with one attached hydrogen (secondary N) is 1. The standard InChI is InChI=1S/C21H29N5O.ClH/c1-21(2,3)17-6-4-16(5-7-17)20(27)25-11-8-15(9-12-25)19-24-23-18-14-22-10-13-26(18)19;/h4-7,15,22H,8-14H2,1-3H3;1H. The number of aromatic nitrogens is 3. The number of piperidine rings is 1. The van der Waals surface area contributed by atoms with Crippen molar-refractivity contribution in [2.45, 2.75) is 58.0 Å². The van der Waals surface area contributed by atoms with Gasteiger partial charge in [0, 0.05) is 37.7 Å². The lowest BCUT2D eigenvalue weighted by Gasteiger charge is -2.32. The Hall–Kier alpha value is -1.92. The van der Waals surface area contributed by atoms with E-state index in [-0.39, 0.29) is 23.7 Å². The Labute approximate surface area is 173 Å². The number of rotatable bonds is 2. The van der Waals surface area contributed by atoms with Crippen LogP contribution in [0.5, 0.6) is 0 Å². The Balaban J connectivity index is 0.00000225. The van der Waals surface area contributed by atoms with E-state index < -0.39 is 0 Å². The van der Waals surface area contributed by atoms with Gasteiger partial charge in [-0.3, -0.25) is 4.79 Å². The van der Waals surface area contributed by atoms with E-state index in [0.717, 1.165) is 62.8 Å². The fraction of sp³-hybridized carbons (Fsp3) is 0.571. The topological polar surface area (TPSA) is 63.1 Å². The number of fused-ring (bicyclic) bond motifs is 1. The molecule has 1 aromatic carbocycles. The number of carbonyl (C=O) groups is 1. The van der Waals surface area contributed by atoms with Gasteiger partial charge in [-0.1, -0.05) is 32.9 Å². The molecule has 2 aliphatic rings. The zero-order valence-corrected chi connectivity index (χ0v) is 17.8. The third kappa shape index (κ3) is 4.08. The molecule has 0 spiro atoms. The van der Waals surface area contributed by atoms with Crippen molar-refractivity contribution in [3.05, 3.63) is 47.0 Å². The molecule has 1 aromatic heterocycles. The van der Waals surface area contributed by atoms with Crippen LogP contribution in [0.15, 0.2) is 24.3 Å². The molecule has 0 atom stereocenters. The highest BCUT2D eigenvalue weighted by Crippen LogP contribution is 2.29. The first-order valence-electron chi connectivity index (χ1n) is 9.96. The molecule has 2 aliphatic heterocycles. The molecule has 2 aromatic rings. The average Bonchev–Trinajstić information content (AvgIpc) is 3.11. The van der Waals surface area contributed by atoms with Gasteiger partial charge in [0.2, 0.25) is 0 Å². The van der Waals surface area contributed by atoms with Gasteiger partial charge >= 0.3 is 0 Å². The highest BCUT2D eigenvalue weighted by Gasteiger charge is 2.29. The van der Waals surface area contributed by atoms with Gasteiger partial charge in [-0.15, -0.1) is 22.6 Å². The van der Waals surface area contributed by atoms with Gasteiger partial charge in [0.25, 0.3) is 5.91 Å². The Bertz CT molecular complexity index is 816. The maximum atomic E-state index is 12.9. The second-order valence-corrected chi connectivity index (χ2v) is 8.70. The van der Waals surface area contributed by atoms with E-state index in [4.69, 9.17) is 0 Å². The Kier molecular flexibility index (Phi) is 6.10. The van der Waals surface area contributed by atoms with Gasteiger partial charge in [-0.25, -0.2) is 0 Å². The zero-order valence-electron chi connectivity index (χ0n) is 16.9. The molecular formula is C21H30ClN5O. The van der Waals surface area contributed by atoms with Gasteiger partial charge in [0.1, 0.15) is 11.6 Å². The summed E-state index contributed by atoms with van der Waals surface area (Å²) in [5.74, 6) is 2.68. The van der Waals surface area contributed by atoms with Gasteiger partial charge in [-0.05, 0) is 36.0 Å². The predicted molar refractivity (Wildman–Crippen MR) is 112 cm³/mol. The Morgan fingerprint density at radius 1 is 1.07 bits per heavy atom. The SMILES string of the molecule is CC(C)(C)c1ccc(C(=O)N2CCC(c3nnc4n3CCNC4)CC2)cc1.Cl. The summed E-state index contributed by atoms with van der Waals surface area (Å²) < 4.78 is 2.27. The number of likely N-dealkylation sites (tertiary alicyclic amines) is 1. The van der Waals surface area contributed by atoms with Crippen molar-refractivity contribution in [3.8, 4) is 0 Å². The van der Waals surface area contributed by atoms with Crippen molar-refractivity contribution in [2.75, 3.05) is 19.6 Å². The number of hydrogen-bond donors (Lipinski definition) is 1. The second-order valence-electron chi connectivity index (χ2n) is 8.70. The van der Waals surface area contributed by atoms with E-state index in [9.17, 15) is 4.79 Å². The molecule has 1 saturated heterocycles. The van der Waals surface area contributed by atoms with E-state index >= 15 is 0 Å². The smallest absolute Gasteiger partial charge is 0.253 e. The molecule has 152 valence electrons. The van der Waals surface area contributed by atoms with Crippen molar-refractivity contribution < 1.29 is 4.79 Å². The van der Waals surface area contributed by atoms with Crippen LogP contribution in [0.4, 0.5) is 0 Å². The number of hydrogen-bond acceptors (Lipinski definition) is 4. The Morgan fingerprint density at radius 3 is 2.39 bits per heavy atom. The van der Waals surface area contributed by atoms with Crippen LogP contribution >= 0.6 is 12.4 Å². The van der Waals surface area contributed by atoms with Crippen LogP contribution in [-0.2, 0) is 18.5 Å². The van der Waals surface area contributed by atoms with Crippen LogP contribution in [0.2, 0.25) is 0 Å². The molecule has 7 heteroatoms. The summed E-state index contributed by atoms with van der Waals surface area (Å²) in [5.41, 5.74) is 2.14. The van der Waals surface area contributed by atoms with E-state index in [1.54, 1.807) is 0 Å². The summed E-state index contributed by atoms with van der Waals surface area (Å²) in [6, 6.07) is 8.10.